The van der Waals surface area contributed by atoms with Crippen LogP contribution in [0.4, 0.5) is 10.5 Å². The van der Waals surface area contributed by atoms with Gasteiger partial charge in [-0.3, -0.25) is 0 Å². The van der Waals surface area contributed by atoms with E-state index in [4.69, 9.17) is 16.3 Å². The van der Waals surface area contributed by atoms with Crippen LogP contribution in [0.15, 0.2) is 36.4 Å². The fourth-order valence-electron chi connectivity index (χ4n) is 3.78. The number of carbonyl (C=O) groups is 1. The van der Waals surface area contributed by atoms with E-state index in [1.165, 1.54) is 19.3 Å². The number of aryl methyl sites for hydroxylation is 2. The highest BCUT2D eigenvalue weighted by Gasteiger charge is 2.16. The fourth-order valence-corrected chi connectivity index (χ4v) is 4.10. The maximum Gasteiger partial charge on any atom is 0.322 e. The third kappa shape index (κ3) is 9.67. The molecule has 0 aliphatic carbocycles. The number of carbonyl (C=O) groups excluding carboxylic acids is 1. The molecule has 2 aromatic carbocycles. The summed E-state index contributed by atoms with van der Waals surface area (Å²) in [4.78, 5) is 15.2. The van der Waals surface area contributed by atoms with Gasteiger partial charge in [0.15, 0.2) is 0 Å². The summed E-state index contributed by atoms with van der Waals surface area (Å²) < 4.78 is 5.84. The summed E-state index contributed by atoms with van der Waals surface area (Å²) in [5, 5.41) is 3.82. The molecular formula is C28H41ClN2O2. The first-order chi connectivity index (χ1) is 15.8. The van der Waals surface area contributed by atoms with Crippen LogP contribution in [0.3, 0.4) is 0 Å². The van der Waals surface area contributed by atoms with Gasteiger partial charge in [0.05, 0.1) is 6.61 Å². The Hall–Kier alpha value is -2.20. The lowest BCUT2D eigenvalue weighted by molar-refractivity contribution is 0.207. The predicted molar refractivity (Wildman–Crippen MR) is 141 cm³/mol. The average molecular weight is 473 g/mol. The van der Waals surface area contributed by atoms with Crippen molar-refractivity contribution < 1.29 is 9.53 Å². The molecule has 0 spiro atoms. The van der Waals surface area contributed by atoms with Crippen LogP contribution in [-0.2, 0) is 6.54 Å². The molecule has 2 amide bonds. The lowest BCUT2D eigenvalue weighted by Crippen LogP contribution is -2.35. The highest BCUT2D eigenvalue weighted by molar-refractivity contribution is 6.30. The number of rotatable bonds is 13. The molecule has 0 radical (unpaired) electrons. The molecular weight excluding hydrogens is 432 g/mol. The summed E-state index contributed by atoms with van der Waals surface area (Å²) in [5.74, 6) is 1.50. The smallest absolute Gasteiger partial charge is 0.322 e. The number of hydrogen-bond acceptors (Lipinski definition) is 2. The molecule has 0 aliphatic rings. The second kappa shape index (κ2) is 14.1. The third-order valence-electron chi connectivity index (χ3n) is 5.81. The second-order valence-corrected chi connectivity index (χ2v) is 9.79. The van der Waals surface area contributed by atoms with Crippen molar-refractivity contribution >= 4 is 23.3 Å². The van der Waals surface area contributed by atoms with Gasteiger partial charge in [-0.05, 0) is 73.6 Å². The predicted octanol–water partition coefficient (Wildman–Crippen LogP) is 8.39. The Morgan fingerprint density at radius 3 is 2.27 bits per heavy atom. The Kier molecular flexibility index (Phi) is 11.6. The van der Waals surface area contributed by atoms with E-state index in [2.05, 4.69) is 38.2 Å². The molecule has 182 valence electrons. The molecule has 0 unspecified atom stereocenters. The summed E-state index contributed by atoms with van der Waals surface area (Å²) in [6.07, 6.45) is 6.85. The number of hydrogen-bond donors (Lipinski definition) is 1. The number of amides is 2. The third-order valence-corrected chi connectivity index (χ3v) is 6.03. The van der Waals surface area contributed by atoms with Crippen LogP contribution in [0, 0.1) is 19.8 Å². The van der Waals surface area contributed by atoms with Gasteiger partial charge in [-0.15, -0.1) is 0 Å². The van der Waals surface area contributed by atoms with Crippen LogP contribution in [-0.4, -0.2) is 24.1 Å². The normalized spacial score (nSPS) is 11.0. The van der Waals surface area contributed by atoms with Crippen LogP contribution in [0.25, 0.3) is 0 Å². The number of halogens is 1. The van der Waals surface area contributed by atoms with E-state index in [1.54, 1.807) is 0 Å². The van der Waals surface area contributed by atoms with Gasteiger partial charge in [0.25, 0.3) is 0 Å². The molecule has 0 bridgehead atoms. The Balaban J connectivity index is 2.06. The van der Waals surface area contributed by atoms with Gasteiger partial charge in [0.1, 0.15) is 5.75 Å². The molecule has 0 saturated heterocycles. The SMILES string of the molecule is CCCCCCCN(Cc1ccc(OCCC(C)C)cc1)C(=O)Nc1c(C)cc(Cl)cc1C. The summed E-state index contributed by atoms with van der Waals surface area (Å²) in [7, 11) is 0. The van der Waals surface area contributed by atoms with Gasteiger partial charge >= 0.3 is 6.03 Å². The maximum absolute atomic E-state index is 13.3. The summed E-state index contributed by atoms with van der Waals surface area (Å²) in [6.45, 7) is 12.6. The topological polar surface area (TPSA) is 41.6 Å². The minimum absolute atomic E-state index is 0.0729. The Morgan fingerprint density at radius 2 is 1.67 bits per heavy atom. The minimum atomic E-state index is -0.0729. The van der Waals surface area contributed by atoms with Crippen LogP contribution in [0.2, 0.25) is 5.02 Å². The monoisotopic (exact) mass is 472 g/mol. The largest absolute Gasteiger partial charge is 0.494 e. The first-order valence-electron chi connectivity index (χ1n) is 12.3. The van der Waals surface area contributed by atoms with Crippen molar-refractivity contribution in [2.45, 2.75) is 79.7 Å². The molecule has 0 aromatic heterocycles. The zero-order valence-electron chi connectivity index (χ0n) is 21.0. The van der Waals surface area contributed by atoms with E-state index in [0.29, 0.717) is 17.5 Å². The van der Waals surface area contributed by atoms with Crippen LogP contribution in [0.1, 0.15) is 76.0 Å². The van der Waals surface area contributed by atoms with Crippen molar-refractivity contribution in [3.8, 4) is 5.75 Å². The number of urea groups is 1. The standard InChI is InChI=1S/C28H41ClN2O2/c1-6-7-8-9-10-16-31(28(32)30-27-22(4)18-25(29)19-23(27)5)20-24-11-13-26(14-12-24)33-17-15-21(2)3/h11-14,18-19,21H,6-10,15-17,20H2,1-5H3,(H,30,32). The second-order valence-electron chi connectivity index (χ2n) is 9.36. The zero-order chi connectivity index (χ0) is 24.2. The molecule has 33 heavy (non-hydrogen) atoms. The Bertz CT molecular complexity index is 842. The van der Waals surface area contributed by atoms with Gasteiger partial charge in [-0.25, -0.2) is 4.79 Å². The first kappa shape index (κ1) is 27.0. The highest BCUT2D eigenvalue weighted by Crippen LogP contribution is 2.25. The number of benzene rings is 2. The van der Waals surface area contributed by atoms with E-state index < -0.39 is 0 Å². The fraction of sp³-hybridized carbons (Fsp3) is 0.536. The van der Waals surface area contributed by atoms with Gasteiger partial charge in [0.2, 0.25) is 0 Å². The first-order valence-corrected chi connectivity index (χ1v) is 12.7. The maximum atomic E-state index is 13.3. The Morgan fingerprint density at radius 1 is 1.03 bits per heavy atom. The number of nitrogens with one attached hydrogen (secondary N) is 1. The number of anilines is 1. The quantitative estimate of drug-likeness (QED) is 0.297. The van der Waals surface area contributed by atoms with E-state index in [1.807, 2.05) is 43.0 Å². The van der Waals surface area contributed by atoms with Crippen molar-refractivity contribution in [1.29, 1.82) is 0 Å². The van der Waals surface area contributed by atoms with Crippen LogP contribution < -0.4 is 10.1 Å². The zero-order valence-corrected chi connectivity index (χ0v) is 21.8. The van der Waals surface area contributed by atoms with Crippen molar-refractivity contribution in [2.24, 2.45) is 5.92 Å². The van der Waals surface area contributed by atoms with E-state index >= 15 is 0 Å². The van der Waals surface area contributed by atoms with Crippen molar-refractivity contribution in [3.63, 3.8) is 0 Å². The molecule has 4 nitrogen and oxygen atoms in total. The van der Waals surface area contributed by atoms with E-state index in [-0.39, 0.29) is 6.03 Å². The number of ether oxygens (including phenoxy) is 1. The van der Waals surface area contributed by atoms with Gasteiger partial charge in [-0.1, -0.05) is 70.2 Å². The molecule has 1 N–H and O–H groups in total. The molecule has 0 atom stereocenters. The average Bonchev–Trinajstić information content (AvgIpc) is 2.76. The van der Waals surface area contributed by atoms with E-state index in [0.717, 1.165) is 60.5 Å². The van der Waals surface area contributed by atoms with Crippen molar-refractivity contribution in [1.82, 2.24) is 4.90 Å². The molecule has 2 aromatic rings. The minimum Gasteiger partial charge on any atom is -0.494 e. The molecule has 0 aliphatic heterocycles. The van der Waals surface area contributed by atoms with Gasteiger partial charge in [0, 0.05) is 23.8 Å². The summed E-state index contributed by atoms with van der Waals surface area (Å²) in [5.41, 5.74) is 3.88. The van der Waals surface area contributed by atoms with Crippen LogP contribution in [0.5, 0.6) is 5.75 Å². The lowest BCUT2D eigenvalue weighted by Gasteiger charge is -2.25. The van der Waals surface area contributed by atoms with Crippen molar-refractivity contribution in [2.75, 3.05) is 18.5 Å². The number of nitrogens with zero attached hydrogens (tertiary/aromatic N) is 1. The van der Waals surface area contributed by atoms with Gasteiger partial charge in [-0.2, -0.15) is 0 Å². The molecule has 2 rings (SSSR count). The van der Waals surface area contributed by atoms with Crippen molar-refractivity contribution in [3.05, 3.63) is 58.1 Å². The highest BCUT2D eigenvalue weighted by atomic mass is 35.5. The lowest BCUT2D eigenvalue weighted by atomic mass is 10.1. The van der Waals surface area contributed by atoms with E-state index in [9.17, 15) is 4.79 Å². The molecule has 0 heterocycles. The molecule has 0 fully saturated rings. The molecule has 5 heteroatoms. The van der Waals surface area contributed by atoms with Gasteiger partial charge < -0.3 is 15.0 Å². The summed E-state index contributed by atoms with van der Waals surface area (Å²) in [6, 6.07) is 11.8. The Labute approximate surface area is 205 Å². The number of unbranched alkanes of at least 4 members (excludes halogenated alkanes) is 4. The molecule has 0 saturated carbocycles. The summed E-state index contributed by atoms with van der Waals surface area (Å²) >= 11 is 6.17. The van der Waals surface area contributed by atoms with Crippen LogP contribution >= 0.6 is 11.6 Å².